The van der Waals surface area contributed by atoms with Crippen LogP contribution in [0.4, 0.5) is 5.69 Å². The van der Waals surface area contributed by atoms with Gasteiger partial charge in [0, 0.05) is 45.0 Å². The van der Waals surface area contributed by atoms with Crippen molar-refractivity contribution in [2.24, 2.45) is 0 Å². The summed E-state index contributed by atoms with van der Waals surface area (Å²) in [6.07, 6.45) is 3.86. The average molecular weight is 331 g/mol. The highest BCUT2D eigenvalue weighted by Crippen LogP contribution is 2.15. The van der Waals surface area contributed by atoms with Gasteiger partial charge in [-0.2, -0.15) is 0 Å². The molecule has 2 aliphatic heterocycles. The van der Waals surface area contributed by atoms with Crippen molar-refractivity contribution >= 4 is 11.6 Å². The lowest BCUT2D eigenvalue weighted by Gasteiger charge is -2.36. The minimum atomic E-state index is -0.198. The highest BCUT2D eigenvalue weighted by Gasteiger charge is 2.22. The Balaban J connectivity index is 1.25. The van der Waals surface area contributed by atoms with E-state index in [-0.39, 0.29) is 12.0 Å². The van der Waals surface area contributed by atoms with Crippen LogP contribution in [-0.4, -0.2) is 62.8 Å². The quantitative estimate of drug-likeness (QED) is 0.775. The minimum absolute atomic E-state index is 0.0731. The molecule has 1 aromatic rings. The molecule has 2 heterocycles. The molecule has 24 heavy (non-hydrogen) atoms. The second-order valence-corrected chi connectivity index (χ2v) is 6.66. The number of nitrogens with one attached hydrogen (secondary N) is 1. The van der Waals surface area contributed by atoms with Crippen molar-refractivity contribution in [2.45, 2.75) is 31.8 Å². The number of nitrogens with zero attached hydrogens (tertiary/aromatic N) is 2. The molecule has 1 atom stereocenters. The maximum absolute atomic E-state index is 11.8. The first-order valence-corrected chi connectivity index (χ1v) is 9.24. The van der Waals surface area contributed by atoms with Gasteiger partial charge in [-0.25, -0.2) is 0 Å². The van der Waals surface area contributed by atoms with Gasteiger partial charge in [0.25, 0.3) is 0 Å². The summed E-state index contributed by atoms with van der Waals surface area (Å²) < 4.78 is 5.39. The van der Waals surface area contributed by atoms with Gasteiger partial charge in [0.15, 0.2) is 0 Å². The van der Waals surface area contributed by atoms with Crippen molar-refractivity contribution in [3.05, 3.63) is 30.3 Å². The highest BCUT2D eigenvalue weighted by molar-refractivity contribution is 5.80. The van der Waals surface area contributed by atoms with Gasteiger partial charge in [-0.05, 0) is 44.4 Å². The Kier molecular flexibility index (Phi) is 6.49. The second-order valence-electron chi connectivity index (χ2n) is 6.66. The summed E-state index contributed by atoms with van der Waals surface area (Å²) >= 11 is 0. The van der Waals surface area contributed by atoms with Crippen LogP contribution in [-0.2, 0) is 9.53 Å². The molecule has 2 aliphatic rings. The first-order valence-electron chi connectivity index (χ1n) is 9.24. The smallest absolute Gasteiger partial charge is 0.249 e. The lowest BCUT2D eigenvalue weighted by atomic mass is 10.2. The lowest BCUT2D eigenvalue weighted by Crippen LogP contribution is -2.46. The molecule has 5 heteroatoms. The van der Waals surface area contributed by atoms with Crippen molar-refractivity contribution in [1.29, 1.82) is 0 Å². The van der Waals surface area contributed by atoms with E-state index < -0.39 is 0 Å². The van der Waals surface area contributed by atoms with E-state index in [1.807, 2.05) is 0 Å². The standard InChI is InChI=1S/C19H29N3O2/c23-19(18-9-6-16-24-18)20-10-4-5-11-21-12-14-22(15-13-21)17-7-2-1-3-8-17/h1-3,7-8,18H,4-6,9-16H2,(H,20,23). The van der Waals surface area contributed by atoms with Crippen molar-refractivity contribution in [2.75, 3.05) is 50.8 Å². The number of carbonyl (C=O) groups excluding carboxylic acids is 1. The number of amides is 1. The van der Waals surface area contributed by atoms with Crippen molar-refractivity contribution in [1.82, 2.24) is 10.2 Å². The molecular weight excluding hydrogens is 302 g/mol. The molecule has 0 aliphatic carbocycles. The third-order valence-corrected chi connectivity index (χ3v) is 4.92. The fraction of sp³-hybridized carbons (Fsp3) is 0.632. The van der Waals surface area contributed by atoms with Crippen molar-refractivity contribution < 1.29 is 9.53 Å². The monoisotopic (exact) mass is 331 g/mol. The van der Waals surface area contributed by atoms with Gasteiger partial charge in [-0.3, -0.25) is 9.69 Å². The Hall–Kier alpha value is -1.59. The number of para-hydroxylation sites is 1. The van der Waals surface area contributed by atoms with Gasteiger partial charge in [0.1, 0.15) is 6.10 Å². The summed E-state index contributed by atoms with van der Waals surface area (Å²) in [6.45, 7) is 7.06. The zero-order valence-electron chi connectivity index (χ0n) is 14.5. The van der Waals surface area contributed by atoms with E-state index in [0.29, 0.717) is 0 Å². The Labute approximate surface area is 145 Å². The fourth-order valence-corrected chi connectivity index (χ4v) is 3.44. The van der Waals surface area contributed by atoms with E-state index in [0.717, 1.165) is 71.6 Å². The number of anilines is 1. The number of piperazine rings is 1. The Morgan fingerprint density at radius 2 is 1.92 bits per heavy atom. The second kappa shape index (κ2) is 9.04. The molecule has 0 aromatic heterocycles. The third-order valence-electron chi connectivity index (χ3n) is 4.92. The van der Waals surface area contributed by atoms with Crippen LogP contribution >= 0.6 is 0 Å². The third kappa shape index (κ3) is 4.95. The zero-order valence-corrected chi connectivity index (χ0v) is 14.5. The van der Waals surface area contributed by atoms with Crippen LogP contribution in [0.1, 0.15) is 25.7 Å². The zero-order chi connectivity index (χ0) is 16.6. The van der Waals surface area contributed by atoms with E-state index >= 15 is 0 Å². The molecule has 1 N–H and O–H groups in total. The number of carbonyl (C=O) groups is 1. The van der Waals surface area contributed by atoms with Crippen molar-refractivity contribution in [3.8, 4) is 0 Å². The normalized spacial score (nSPS) is 21.8. The molecule has 0 saturated carbocycles. The summed E-state index contributed by atoms with van der Waals surface area (Å²) in [7, 11) is 0. The molecule has 1 unspecified atom stereocenters. The summed E-state index contributed by atoms with van der Waals surface area (Å²) in [5.41, 5.74) is 1.33. The maximum Gasteiger partial charge on any atom is 0.249 e. The summed E-state index contributed by atoms with van der Waals surface area (Å²) in [5, 5.41) is 3.00. The van der Waals surface area contributed by atoms with E-state index in [2.05, 4.69) is 45.4 Å². The van der Waals surface area contributed by atoms with Crippen molar-refractivity contribution in [3.63, 3.8) is 0 Å². The Bertz CT molecular complexity index is 495. The van der Waals surface area contributed by atoms with Crippen LogP contribution in [0, 0.1) is 0 Å². The molecule has 0 bridgehead atoms. The van der Waals surface area contributed by atoms with Crippen LogP contribution in [0.25, 0.3) is 0 Å². The van der Waals surface area contributed by atoms with Crippen LogP contribution in [0.15, 0.2) is 30.3 Å². The van der Waals surface area contributed by atoms with E-state index in [1.54, 1.807) is 0 Å². The first-order chi connectivity index (χ1) is 11.8. The van der Waals surface area contributed by atoms with Crippen LogP contribution in [0.2, 0.25) is 0 Å². The number of ether oxygens (including phenoxy) is 1. The summed E-state index contributed by atoms with van der Waals surface area (Å²) in [4.78, 5) is 16.8. The van der Waals surface area contributed by atoms with Gasteiger partial charge < -0.3 is 15.0 Å². The largest absolute Gasteiger partial charge is 0.369 e. The summed E-state index contributed by atoms with van der Waals surface area (Å²) in [5.74, 6) is 0.0731. The Morgan fingerprint density at radius 3 is 2.62 bits per heavy atom. The Morgan fingerprint density at radius 1 is 1.12 bits per heavy atom. The number of rotatable bonds is 7. The molecule has 1 aromatic carbocycles. The van der Waals surface area contributed by atoms with Gasteiger partial charge in [0.2, 0.25) is 5.91 Å². The number of hydrogen-bond donors (Lipinski definition) is 1. The molecule has 132 valence electrons. The van der Waals surface area contributed by atoms with E-state index in [4.69, 9.17) is 4.74 Å². The number of benzene rings is 1. The van der Waals surface area contributed by atoms with E-state index in [1.165, 1.54) is 5.69 Å². The molecular formula is C19H29N3O2. The fourth-order valence-electron chi connectivity index (χ4n) is 3.44. The number of hydrogen-bond acceptors (Lipinski definition) is 4. The molecule has 1 amide bonds. The number of unbranched alkanes of at least 4 members (excludes halogenated alkanes) is 1. The molecule has 0 spiro atoms. The van der Waals surface area contributed by atoms with Crippen LogP contribution in [0.5, 0.6) is 0 Å². The van der Waals surface area contributed by atoms with Gasteiger partial charge in [-0.15, -0.1) is 0 Å². The van der Waals surface area contributed by atoms with Gasteiger partial charge >= 0.3 is 0 Å². The molecule has 3 rings (SSSR count). The maximum atomic E-state index is 11.8. The minimum Gasteiger partial charge on any atom is -0.369 e. The predicted octanol–water partition coefficient (Wildman–Crippen LogP) is 1.88. The molecule has 0 radical (unpaired) electrons. The highest BCUT2D eigenvalue weighted by atomic mass is 16.5. The predicted molar refractivity (Wildman–Crippen MR) is 96.3 cm³/mol. The van der Waals surface area contributed by atoms with Gasteiger partial charge in [-0.1, -0.05) is 18.2 Å². The average Bonchev–Trinajstić information content (AvgIpc) is 3.17. The van der Waals surface area contributed by atoms with Gasteiger partial charge in [0.05, 0.1) is 0 Å². The first kappa shape index (κ1) is 17.2. The molecule has 5 nitrogen and oxygen atoms in total. The van der Waals surface area contributed by atoms with Crippen LogP contribution < -0.4 is 10.2 Å². The van der Waals surface area contributed by atoms with E-state index in [9.17, 15) is 4.79 Å². The molecule has 2 fully saturated rings. The SMILES string of the molecule is O=C(NCCCCN1CCN(c2ccccc2)CC1)C1CCCO1. The molecule has 2 saturated heterocycles. The lowest BCUT2D eigenvalue weighted by molar-refractivity contribution is -0.130. The topological polar surface area (TPSA) is 44.8 Å². The van der Waals surface area contributed by atoms with Crippen LogP contribution in [0.3, 0.4) is 0 Å². The summed E-state index contributed by atoms with van der Waals surface area (Å²) in [6, 6.07) is 10.6.